The van der Waals surface area contributed by atoms with E-state index < -0.39 is 12.7 Å². The third-order valence-electron chi connectivity index (χ3n) is 4.88. The normalized spacial score (nSPS) is 24.2. The molecule has 2 aliphatic heterocycles. The molecule has 0 amide bonds. The fourth-order valence-electron chi connectivity index (χ4n) is 3.65. The van der Waals surface area contributed by atoms with Crippen LogP contribution in [0.4, 0.5) is 13.2 Å². The van der Waals surface area contributed by atoms with Gasteiger partial charge in [-0.05, 0) is 38.3 Å². The van der Waals surface area contributed by atoms with E-state index in [0.717, 1.165) is 13.1 Å². The Morgan fingerprint density at radius 2 is 1.85 bits per heavy atom. The lowest BCUT2D eigenvalue weighted by Gasteiger charge is -2.29. The Morgan fingerprint density at radius 1 is 1.15 bits per heavy atom. The number of likely N-dealkylation sites (tertiary alicyclic amines) is 2. The number of piperidine rings is 1. The molecule has 2 atom stereocenters. The SMILES string of the molecule is CN=C(NCC(C)CN1CCCCC1)NC1CCN(CC(F)(F)F)C1.I. The fourth-order valence-corrected chi connectivity index (χ4v) is 3.65. The van der Waals surface area contributed by atoms with E-state index in [1.807, 2.05) is 0 Å². The highest BCUT2D eigenvalue weighted by atomic mass is 127. The molecule has 154 valence electrons. The Morgan fingerprint density at radius 3 is 2.46 bits per heavy atom. The molecule has 2 unspecified atom stereocenters. The standard InChI is InChI=1S/C17H32F3N5.HI/c1-14(11-24-7-4-3-5-8-24)10-22-16(21-2)23-15-6-9-25(12-15)13-17(18,19)20;/h14-15H,3-13H2,1-2H3,(H2,21,22,23);1H. The van der Waals surface area contributed by atoms with E-state index in [1.165, 1.54) is 37.3 Å². The third-order valence-corrected chi connectivity index (χ3v) is 4.88. The number of hydrogen-bond acceptors (Lipinski definition) is 3. The molecular formula is C17H33F3IN5. The predicted octanol–water partition coefficient (Wildman–Crippen LogP) is 2.53. The number of aliphatic imine (C=N–C) groups is 1. The molecule has 0 aromatic carbocycles. The first-order valence-electron chi connectivity index (χ1n) is 9.34. The lowest BCUT2D eigenvalue weighted by molar-refractivity contribution is -0.143. The molecule has 0 spiro atoms. The van der Waals surface area contributed by atoms with Gasteiger partial charge in [-0.1, -0.05) is 13.3 Å². The van der Waals surface area contributed by atoms with Crippen LogP contribution in [0.25, 0.3) is 0 Å². The van der Waals surface area contributed by atoms with Gasteiger partial charge in [-0.25, -0.2) is 0 Å². The van der Waals surface area contributed by atoms with Gasteiger partial charge in [-0.3, -0.25) is 9.89 Å². The summed E-state index contributed by atoms with van der Waals surface area (Å²) < 4.78 is 37.4. The van der Waals surface area contributed by atoms with Crippen LogP contribution in [0, 0.1) is 5.92 Å². The smallest absolute Gasteiger partial charge is 0.356 e. The van der Waals surface area contributed by atoms with E-state index in [9.17, 15) is 13.2 Å². The van der Waals surface area contributed by atoms with Gasteiger partial charge in [0.05, 0.1) is 6.54 Å². The van der Waals surface area contributed by atoms with Crippen LogP contribution in [0.1, 0.15) is 32.6 Å². The Kier molecular flexibility index (Phi) is 10.5. The van der Waals surface area contributed by atoms with Crippen molar-refractivity contribution in [3.8, 4) is 0 Å². The maximum atomic E-state index is 12.5. The Bertz CT molecular complexity index is 427. The summed E-state index contributed by atoms with van der Waals surface area (Å²) in [5, 5.41) is 6.58. The van der Waals surface area contributed by atoms with Gasteiger partial charge in [0.2, 0.25) is 0 Å². The number of nitrogens with zero attached hydrogens (tertiary/aromatic N) is 3. The van der Waals surface area contributed by atoms with Gasteiger partial charge in [0.1, 0.15) is 0 Å². The fraction of sp³-hybridized carbons (Fsp3) is 0.941. The molecule has 2 aliphatic rings. The maximum absolute atomic E-state index is 12.5. The highest BCUT2D eigenvalue weighted by Crippen LogP contribution is 2.19. The van der Waals surface area contributed by atoms with Crippen molar-refractivity contribution in [2.45, 2.75) is 44.8 Å². The number of rotatable bonds is 6. The zero-order chi connectivity index (χ0) is 18.3. The summed E-state index contributed by atoms with van der Waals surface area (Å²) in [6.45, 7) is 6.54. The summed E-state index contributed by atoms with van der Waals surface area (Å²) in [7, 11) is 1.70. The summed E-state index contributed by atoms with van der Waals surface area (Å²) >= 11 is 0. The van der Waals surface area contributed by atoms with Crippen LogP contribution in [-0.2, 0) is 0 Å². The maximum Gasteiger partial charge on any atom is 0.401 e. The van der Waals surface area contributed by atoms with Gasteiger partial charge in [0.25, 0.3) is 0 Å². The summed E-state index contributed by atoms with van der Waals surface area (Å²) in [6.07, 6.45) is 0.504. The first-order chi connectivity index (χ1) is 11.9. The summed E-state index contributed by atoms with van der Waals surface area (Å²) in [5.74, 6) is 1.19. The molecule has 2 heterocycles. The highest BCUT2D eigenvalue weighted by Gasteiger charge is 2.34. The second kappa shape index (κ2) is 11.5. The Hall–Kier alpha value is -0.290. The van der Waals surface area contributed by atoms with Crippen molar-refractivity contribution in [3.05, 3.63) is 0 Å². The lowest BCUT2D eigenvalue weighted by Crippen LogP contribution is -2.47. The molecule has 2 rings (SSSR count). The van der Waals surface area contributed by atoms with Crippen LogP contribution in [0.5, 0.6) is 0 Å². The van der Waals surface area contributed by atoms with Crippen molar-refractivity contribution in [2.75, 3.05) is 52.9 Å². The topological polar surface area (TPSA) is 42.9 Å². The first-order valence-corrected chi connectivity index (χ1v) is 9.34. The predicted molar refractivity (Wildman–Crippen MR) is 110 cm³/mol. The van der Waals surface area contributed by atoms with Gasteiger partial charge in [0.15, 0.2) is 5.96 Å². The minimum absolute atomic E-state index is 0. The summed E-state index contributed by atoms with van der Waals surface area (Å²) in [6, 6.07) is 0.0194. The largest absolute Gasteiger partial charge is 0.401 e. The summed E-state index contributed by atoms with van der Waals surface area (Å²) in [4.78, 5) is 8.17. The number of guanidine groups is 1. The van der Waals surface area contributed by atoms with Crippen LogP contribution < -0.4 is 10.6 Å². The van der Waals surface area contributed by atoms with E-state index in [2.05, 4.69) is 27.4 Å². The van der Waals surface area contributed by atoms with Crippen molar-refractivity contribution in [1.29, 1.82) is 0 Å². The second-order valence-corrected chi connectivity index (χ2v) is 7.40. The molecule has 0 saturated carbocycles. The van der Waals surface area contributed by atoms with Crippen molar-refractivity contribution in [3.63, 3.8) is 0 Å². The zero-order valence-electron chi connectivity index (χ0n) is 15.8. The highest BCUT2D eigenvalue weighted by molar-refractivity contribution is 14.0. The lowest BCUT2D eigenvalue weighted by atomic mass is 10.1. The number of nitrogens with one attached hydrogen (secondary N) is 2. The van der Waals surface area contributed by atoms with Gasteiger partial charge in [-0.15, -0.1) is 24.0 Å². The molecule has 5 nitrogen and oxygen atoms in total. The van der Waals surface area contributed by atoms with Crippen molar-refractivity contribution in [1.82, 2.24) is 20.4 Å². The van der Waals surface area contributed by atoms with Crippen LogP contribution in [0.15, 0.2) is 4.99 Å². The van der Waals surface area contributed by atoms with Crippen LogP contribution in [0.3, 0.4) is 0 Å². The van der Waals surface area contributed by atoms with Gasteiger partial charge < -0.3 is 15.5 Å². The molecule has 0 aromatic heterocycles. The number of halogens is 4. The van der Waals surface area contributed by atoms with Crippen molar-refractivity contribution in [2.24, 2.45) is 10.9 Å². The monoisotopic (exact) mass is 491 g/mol. The average Bonchev–Trinajstić information content (AvgIpc) is 2.97. The van der Waals surface area contributed by atoms with Crippen LogP contribution >= 0.6 is 24.0 Å². The van der Waals surface area contributed by atoms with Crippen molar-refractivity contribution >= 4 is 29.9 Å². The van der Waals surface area contributed by atoms with Crippen molar-refractivity contribution < 1.29 is 13.2 Å². The molecular weight excluding hydrogens is 458 g/mol. The Balaban J connectivity index is 0.00000338. The minimum Gasteiger partial charge on any atom is -0.356 e. The first kappa shape index (κ1) is 23.7. The van der Waals surface area contributed by atoms with Crippen LogP contribution in [-0.4, -0.2) is 80.8 Å². The molecule has 2 N–H and O–H groups in total. The van der Waals surface area contributed by atoms with E-state index in [0.29, 0.717) is 31.4 Å². The van der Waals surface area contributed by atoms with Gasteiger partial charge in [-0.2, -0.15) is 13.2 Å². The number of alkyl halides is 3. The molecule has 0 aromatic rings. The zero-order valence-corrected chi connectivity index (χ0v) is 18.1. The molecule has 0 bridgehead atoms. The van der Waals surface area contributed by atoms with Gasteiger partial charge in [0, 0.05) is 39.3 Å². The second-order valence-electron chi connectivity index (χ2n) is 7.40. The molecule has 2 fully saturated rings. The Labute approximate surface area is 172 Å². The van der Waals surface area contributed by atoms with E-state index >= 15 is 0 Å². The molecule has 9 heteroatoms. The minimum atomic E-state index is -4.13. The molecule has 0 radical (unpaired) electrons. The van der Waals surface area contributed by atoms with E-state index in [4.69, 9.17) is 0 Å². The molecule has 26 heavy (non-hydrogen) atoms. The summed E-state index contributed by atoms with van der Waals surface area (Å²) in [5.41, 5.74) is 0. The number of hydrogen-bond donors (Lipinski definition) is 2. The van der Waals surface area contributed by atoms with E-state index in [1.54, 1.807) is 7.05 Å². The van der Waals surface area contributed by atoms with Crippen LogP contribution in [0.2, 0.25) is 0 Å². The van der Waals surface area contributed by atoms with E-state index in [-0.39, 0.29) is 30.0 Å². The quantitative estimate of drug-likeness (QED) is 0.341. The average molecular weight is 491 g/mol. The molecule has 2 saturated heterocycles. The van der Waals surface area contributed by atoms with Gasteiger partial charge >= 0.3 is 6.18 Å². The molecule has 0 aliphatic carbocycles. The third kappa shape index (κ3) is 9.07.